The molecule has 1 heterocycles. The third-order valence-electron chi connectivity index (χ3n) is 5.25. The van der Waals surface area contributed by atoms with Gasteiger partial charge in [0.15, 0.2) is 5.54 Å². The molecule has 13 heteroatoms. The minimum atomic E-state index is -4.41. The molecule has 1 aromatic carbocycles. The third-order valence-corrected chi connectivity index (χ3v) is 9.51. The van der Waals surface area contributed by atoms with Crippen LogP contribution in [0.25, 0.3) is 0 Å². The molecule has 0 bridgehead atoms. The molecule has 32 heavy (non-hydrogen) atoms. The molecule has 186 valence electrons. The number of carbonyl (C=O) groups excluding carboxylic acids is 1. The minimum absolute atomic E-state index is 0.110. The van der Waals surface area contributed by atoms with Crippen molar-refractivity contribution in [3.05, 3.63) is 29.8 Å². The van der Waals surface area contributed by atoms with Crippen molar-refractivity contribution in [2.24, 2.45) is 0 Å². The summed E-state index contributed by atoms with van der Waals surface area (Å²) in [5, 5.41) is 0. The van der Waals surface area contributed by atoms with Crippen molar-refractivity contribution in [1.29, 1.82) is 0 Å². The van der Waals surface area contributed by atoms with Gasteiger partial charge in [0.2, 0.25) is 16.2 Å². The molecule has 0 aromatic heterocycles. The molecule has 1 fully saturated rings. The van der Waals surface area contributed by atoms with E-state index in [1.54, 1.807) is 36.8 Å². The van der Waals surface area contributed by atoms with Gasteiger partial charge in [-0.15, -0.1) is 0 Å². The van der Waals surface area contributed by atoms with Crippen LogP contribution in [0.2, 0.25) is 0 Å². The van der Waals surface area contributed by atoms with Crippen molar-refractivity contribution in [2.45, 2.75) is 43.5 Å². The van der Waals surface area contributed by atoms with Crippen LogP contribution in [0, 0.1) is 0 Å². The molecule has 1 aromatic rings. The van der Waals surface area contributed by atoms with Crippen molar-refractivity contribution in [2.75, 3.05) is 39.8 Å². The number of Topliss-reactive ketones (excluding diaryl/α,β-unsaturated/α-hetero) is 1. The Morgan fingerprint density at radius 1 is 0.938 bits per heavy atom. The number of quaternary nitrogens is 1. The summed E-state index contributed by atoms with van der Waals surface area (Å²) in [6, 6.07) is 7.07. The molecular formula is C19H33NO9S3. The summed E-state index contributed by atoms with van der Waals surface area (Å²) in [5.41, 5.74) is 0.168. The number of ketones is 1. The zero-order valence-electron chi connectivity index (χ0n) is 19.2. The highest BCUT2D eigenvalue weighted by atomic mass is 32.3. The normalized spacial score (nSPS) is 16.7. The second-order valence-electron chi connectivity index (χ2n) is 8.09. The van der Waals surface area contributed by atoms with Gasteiger partial charge in [-0.1, -0.05) is 22.4 Å². The van der Waals surface area contributed by atoms with Gasteiger partial charge in [0, 0.05) is 10.5 Å². The van der Waals surface area contributed by atoms with Gasteiger partial charge in [0.05, 0.1) is 27.3 Å². The summed E-state index contributed by atoms with van der Waals surface area (Å²) >= 11 is 0. The molecule has 2 rings (SSSR count). The van der Waals surface area contributed by atoms with Crippen molar-refractivity contribution in [3.8, 4) is 0 Å². The Kier molecular flexibility index (Phi) is 10.3. The van der Waals surface area contributed by atoms with E-state index < -0.39 is 36.6 Å². The summed E-state index contributed by atoms with van der Waals surface area (Å²) in [7, 11) is -8.62. The van der Waals surface area contributed by atoms with Crippen molar-refractivity contribution in [3.63, 3.8) is 0 Å². The van der Waals surface area contributed by atoms with E-state index in [4.69, 9.17) is 3.63 Å². The molecule has 1 aliphatic heterocycles. The largest absolute Gasteiger partial charge is 0.726 e. The van der Waals surface area contributed by atoms with Gasteiger partial charge in [0.25, 0.3) is 0 Å². The molecule has 0 radical (unpaired) electrons. The Morgan fingerprint density at radius 3 is 1.81 bits per heavy atom. The predicted octanol–water partition coefficient (Wildman–Crippen LogP) is 1.06. The van der Waals surface area contributed by atoms with E-state index in [9.17, 15) is 26.2 Å². The first-order valence-electron chi connectivity index (χ1n) is 9.82. The summed E-state index contributed by atoms with van der Waals surface area (Å²) in [5.74, 6) is 0.110. The lowest BCUT2D eigenvalue weighted by Gasteiger charge is -2.36. The van der Waals surface area contributed by atoms with Gasteiger partial charge in [-0.2, -0.15) is 12.0 Å². The highest BCUT2D eigenvalue weighted by Crippen LogP contribution is 2.51. The molecule has 0 unspecified atom stereocenters. The lowest BCUT2D eigenvalue weighted by Crippen LogP contribution is -3.21. The fourth-order valence-electron chi connectivity index (χ4n) is 3.33. The van der Waals surface area contributed by atoms with Crippen LogP contribution in [0.15, 0.2) is 29.2 Å². The van der Waals surface area contributed by atoms with Crippen molar-refractivity contribution < 1.29 is 43.1 Å². The van der Waals surface area contributed by atoms with Crippen LogP contribution in [0.3, 0.4) is 0 Å². The number of benzene rings is 1. The van der Waals surface area contributed by atoms with Crippen LogP contribution in [-0.2, 0) is 32.8 Å². The van der Waals surface area contributed by atoms with E-state index in [-0.39, 0.29) is 5.78 Å². The Bertz CT molecular complexity index is 966. The molecular weight excluding hydrogens is 482 g/mol. The fourth-order valence-corrected chi connectivity index (χ4v) is 6.33. The summed E-state index contributed by atoms with van der Waals surface area (Å²) in [4.78, 5) is 15.1. The minimum Gasteiger partial charge on any atom is -0.726 e. The average molecular weight is 516 g/mol. The first kappa shape index (κ1) is 29.0. The van der Waals surface area contributed by atoms with Crippen LogP contribution in [-0.4, -0.2) is 72.5 Å². The van der Waals surface area contributed by atoms with Crippen LogP contribution in [0.1, 0.15) is 43.5 Å². The third kappa shape index (κ3) is 8.71. The molecule has 0 atom stereocenters. The number of carbonyl (C=O) groups is 1. The Hall–Kier alpha value is -1.06. The Labute approximate surface area is 193 Å². The lowest BCUT2D eigenvalue weighted by atomic mass is 9.89. The highest BCUT2D eigenvalue weighted by molar-refractivity contribution is 8.31. The first-order chi connectivity index (χ1) is 14.6. The Morgan fingerprint density at radius 2 is 1.41 bits per heavy atom. The van der Waals surface area contributed by atoms with Crippen LogP contribution in [0.4, 0.5) is 0 Å². The summed E-state index contributed by atoms with van der Waals surface area (Å²) < 4.78 is 63.8. The molecule has 0 amide bonds. The summed E-state index contributed by atoms with van der Waals surface area (Å²) in [6.45, 7) is 6.06. The summed E-state index contributed by atoms with van der Waals surface area (Å²) in [6.07, 6.45) is 7.01. The predicted molar refractivity (Wildman–Crippen MR) is 121 cm³/mol. The number of hydrogen-bond donors (Lipinski definition) is 1. The number of likely N-dealkylation sites (tertiary alicyclic amines) is 1. The standard InChI is InChI=1S/C18H29NO5S2.CH4O4S/c1-18(2,19-13-7-6-8-14-19)17(20)15-9-11-16(12-10-15)25(4,5)24-26(21,22)23-3;1-5-6(2,3)4/h9-12H,6-8,13-14H2,1-5H3;1H3,(H,2,3,4). The quantitative estimate of drug-likeness (QED) is 0.305. The maximum Gasteiger partial charge on any atom is 0.409 e. The van der Waals surface area contributed by atoms with Gasteiger partial charge in [-0.3, -0.25) is 13.2 Å². The molecule has 0 saturated carbocycles. The highest BCUT2D eigenvalue weighted by Gasteiger charge is 2.39. The molecule has 0 spiro atoms. The number of rotatable bonds is 8. The maximum atomic E-state index is 13.0. The van der Waals surface area contributed by atoms with E-state index in [0.717, 1.165) is 45.0 Å². The number of hydrogen-bond acceptors (Lipinski definition) is 9. The van der Waals surface area contributed by atoms with Crippen LogP contribution >= 0.6 is 10.3 Å². The van der Waals surface area contributed by atoms with Gasteiger partial charge in [-0.25, -0.2) is 8.42 Å². The van der Waals surface area contributed by atoms with Crippen LogP contribution < -0.4 is 4.90 Å². The molecule has 1 saturated heterocycles. The van der Waals surface area contributed by atoms with E-state index in [1.807, 2.05) is 13.8 Å². The SMILES string of the molecule is COS(=O)(=O)OS(C)(C)c1ccc(C(=O)C(C)(C)[NH+]2CCCCC2)cc1.COS(=O)(=O)[O-]. The zero-order valence-corrected chi connectivity index (χ0v) is 21.7. The van der Waals surface area contributed by atoms with E-state index in [1.165, 1.54) is 11.3 Å². The van der Waals surface area contributed by atoms with E-state index in [2.05, 4.69) is 8.37 Å². The average Bonchev–Trinajstić information content (AvgIpc) is 2.73. The number of piperidine rings is 1. The monoisotopic (exact) mass is 515 g/mol. The Balaban J connectivity index is 0.000000751. The second-order valence-corrected chi connectivity index (χ2v) is 13.9. The smallest absolute Gasteiger partial charge is 0.409 e. The van der Waals surface area contributed by atoms with Gasteiger partial charge in [0.1, 0.15) is 0 Å². The first-order valence-corrected chi connectivity index (χ1v) is 14.9. The number of nitrogens with one attached hydrogen (secondary N) is 1. The topological polar surface area (TPSA) is 141 Å². The van der Waals surface area contributed by atoms with Gasteiger partial charge < -0.3 is 9.45 Å². The molecule has 1 N–H and O–H groups in total. The van der Waals surface area contributed by atoms with Crippen molar-refractivity contribution >= 4 is 36.9 Å². The second kappa shape index (κ2) is 11.4. The van der Waals surface area contributed by atoms with E-state index >= 15 is 0 Å². The van der Waals surface area contributed by atoms with Crippen molar-refractivity contribution in [1.82, 2.24) is 0 Å². The fraction of sp³-hybridized carbons (Fsp3) is 0.632. The van der Waals surface area contributed by atoms with E-state index in [0.29, 0.717) is 5.56 Å². The molecule has 10 nitrogen and oxygen atoms in total. The molecule has 1 aliphatic rings. The maximum absolute atomic E-state index is 13.0. The van der Waals surface area contributed by atoms with Gasteiger partial charge >= 0.3 is 10.4 Å². The van der Waals surface area contributed by atoms with Gasteiger partial charge in [-0.05, 0) is 57.8 Å². The molecule has 0 aliphatic carbocycles. The van der Waals surface area contributed by atoms with Crippen LogP contribution in [0.5, 0.6) is 0 Å². The zero-order chi connectivity index (χ0) is 24.8. The lowest BCUT2D eigenvalue weighted by molar-refractivity contribution is -0.941.